The van der Waals surface area contributed by atoms with Crippen LogP contribution in [-0.2, 0) is 4.79 Å². The summed E-state index contributed by atoms with van der Waals surface area (Å²) in [4.78, 5) is 10.3. The van der Waals surface area contributed by atoms with Gasteiger partial charge in [-0.15, -0.1) is 0 Å². The molecule has 0 aliphatic heterocycles. The van der Waals surface area contributed by atoms with Gasteiger partial charge in [0.1, 0.15) is 0 Å². The van der Waals surface area contributed by atoms with Crippen molar-refractivity contribution in [2.45, 2.75) is 20.3 Å². The molecular formula is C6H9ClO. The number of hydrogen-bond donors (Lipinski definition) is 0. The van der Waals surface area contributed by atoms with Gasteiger partial charge in [-0.3, -0.25) is 4.79 Å². The van der Waals surface area contributed by atoms with Crippen molar-refractivity contribution in [1.29, 1.82) is 0 Å². The lowest BCUT2D eigenvalue weighted by Gasteiger charge is -1.85. The molecule has 0 heterocycles. The SMILES string of the molecule is CCC(Cl)=CC(C)=O. The Bertz CT molecular complexity index is 116. The summed E-state index contributed by atoms with van der Waals surface area (Å²) < 4.78 is 0. The first-order valence-electron chi connectivity index (χ1n) is 2.53. The lowest BCUT2D eigenvalue weighted by molar-refractivity contribution is -0.112. The van der Waals surface area contributed by atoms with Crippen LogP contribution in [0.2, 0.25) is 0 Å². The molecule has 0 aromatic carbocycles. The molecule has 0 unspecified atom stereocenters. The molecule has 0 amide bonds. The first-order chi connectivity index (χ1) is 3.66. The first kappa shape index (κ1) is 7.70. The van der Waals surface area contributed by atoms with Crippen molar-refractivity contribution in [1.82, 2.24) is 0 Å². The molecule has 0 rings (SSSR count). The van der Waals surface area contributed by atoms with Crippen LogP contribution >= 0.6 is 11.6 Å². The van der Waals surface area contributed by atoms with Gasteiger partial charge in [0.15, 0.2) is 5.78 Å². The number of carbonyl (C=O) groups is 1. The fraction of sp³-hybridized carbons (Fsp3) is 0.500. The van der Waals surface area contributed by atoms with Gasteiger partial charge in [-0.25, -0.2) is 0 Å². The van der Waals surface area contributed by atoms with E-state index in [1.54, 1.807) is 0 Å². The van der Waals surface area contributed by atoms with Gasteiger partial charge in [0, 0.05) is 5.03 Å². The van der Waals surface area contributed by atoms with Gasteiger partial charge in [0.25, 0.3) is 0 Å². The average molecular weight is 133 g/mol. The van der Waals surface area contributed by atoms with Crippen molar-refractivity contribution >= 4 is 17.4 Å². The van der Waals surface area contributed by atoms with Crippen LogP contribution in [0.15, 0.2) is 11.1 Å². The van der Waals surface area contributed by atoms with Crippen molar-refractivity contribution in [3.8, 4) is 0 Å². The fourth-order valence-corrected chi connectivity index (χ4v) is 0.476. The molecule has 2 heteroatoms. The lowest BCUT2D eigenvalue weighted by atomic mass is 10.3. The predicted octanol–water partition coefficient (Wildman–Crippen LogP) is 2.11. The summed E-state index contributed by atoms with van der Waals surface area (Å²) >= 11 is 5.50. The van der Waals surface area contributed by atoms with Crippen LogP contribution in [0.5, 0.6) is 0 Å². The average Bonchev–Trinajstić information content (AvgIpc) is 1.65. The Labute approximate surface area is 54.3 Å². The second-order valence-corrected chi connectivity index (χ2v) is 2.04. The predicted molar refractivity (Wildman–Crippen MR) is 34.9 cm³/mol. The van der Waals surface area contributed by atoms with E-state index in [1.807, 2.05) is 6.92 Å². The van der Waals surface area contributed by atoms with E-state index in [0.29, 0.717) is 5.03 Å². The molecule has 46 valence electrons. The van der Waals surface area contributed by atoms with Crippen LogP contribution in [0.3, 0.4) is 0 Å². The van der Waals surface area contributed by atoms with E-state index in [-0.39, 0.29) is 5.78 Å². The maximum atomic E-state index is 10.3. The first-order valence-corrected chi connectivity index (χ1v) is 2.91. The molecule has 0 aromatic rings. The molecule has 0 saturated carbocycles. The number of rotatable bonds is 2. The van der Waals surface area contributed by atoms with E-state index in [9.17, 15) is 4.79 Å². The molecule has 8 heavy (non-hydrogen) atoms. The van der Waals surface area contributed by atoms with E-state index < -0.39 is 0 Å². The molecule has 0 bridgehead atoms. The summed E-state index contributed by atoms with van der Waals surface area (Å²) in [5.74, 6) is 0.0110. The van der Waals surface area contributed by atoms with Gasteiger partial charge in [-0.2, -0.15) is 0 Å². The lowest BCUT2D eigenvalue weighted by Crippen LogP contribution is -1.81. The summed E-state index contributed by atoms with van der Waals surface area (Å²) in [6.45, 7) is 3.39. The summed E-state index contributed by atoms with van der Waals surface area (Å²) in [7, 11) is 0. The summed E-state index contributed by atoms with van der Waals surface area (Å²) in [6.07, 6.45) is 2.17. The number of carbonyl (C=O) groups excluding carboxylic acids is 1. The molecule has 0 aromatic heterocycles. The molecule has 0 saturated heterocycles. The van der Waals surface area contributed by atoms with Crippen LogP contribution in [0.1, 0.15) is 20.3 Å². The van der Waals surface area contributed by atoms with Crippen LogP contribution in [-0.4, -0.2) is 5.78 Å². The van der Waals surface area contributed by atoms with Gasteiger partial charge in [-0.1, -0.05) is 18.5 Å². The summed E-state index contributed by atoms with van der Waals surface area (Å²) in [5.41, 5.74) is 0. The van der Waals surface area contributed by atoms with Gasteiger partial charge < -0.3 is 0 Å². The molecular weight excluding hydrogens is 124 g/mol. The van der Waals surface area contributed by atoms with Gasteiger partial charge in [-0.05, 0) is 19.4 Å². The third-order valence-corrected chi connectivity index (χ3v) is 1.07. The Balaban J connectivity index is 3.75. The van der Waals surface area contributed by atoms with E-state index in [2.05, 4.69) is 0 Å². The highest BCUT2D eigenvalue weighted by Crippen LogP contribution is 2.04. The molecule has 0 spiro atoms. The molecule has 0 N–H and O–H groups in total. The standard InChI is InChI=1S/C6H9ClO/c1-3-6(7)4-5(2)8/h4H,3H2,1-2H3. The van der Waals surface area contributed by atoms with Gasteiger partial charge in [0.05, 0.1) is 0 Å². The maximum Gasteiger partial charge on any atom is 0.153 e. The number of hydrogen-bond acceptors (Lipinski definition) is 1. The zero-order valence-corrected chi connectivity index (χ0v) is 5.83. The van der Waals surface area contributed by atoms with Crippen LogP contribution in [0, 0.1) is 0 Å². The smallest absolute Gasteiger partial charge is 0.153 e. The van der Waals surface area contributed by atoms with Crippen molar-refractivity contribution in [2.75, 3.05) is 0 Å². The van der Waals surface area contributed by atoms with E-state index in [4.69, 9.17) is 11.6 Å². The van der Waals surface area contributed by atoms with Crippen molar-refractivity contribution in [3.63, 3.8) is 0 Å². The highest BCUT2D eigenvalue weighted by atomic mass is 35.5. The minimum absolute atomic E-state index is 0.0110. The maximum absolute atomic E-state index is 10.3. The normalized spacial score (nSPS) is 11.6. The Morgan fingerprint density at radius 1 is 1.75 bits per heavy atom. The second kappa shape index (κ2) is 3.67. The third-order valence-electron chi connectivity index (χ3n) is 0.698. The van der Waals surface area contributed by atoms with Crippen molar-refractivity contribution in [3.05, 3.63) is 11.1 Å². The molecule has 1 nitrogen and oxygen atoms in total. The molecule has 0 radical (unpaired) electrons. The van der Waals surface area contributed by atoms with Crippen LogP contribution in [0.25, 0.3) is 0 Å². The largest absolute Gasteiger partial charge is 0.295 e. The number of halogens is 1. The summed E-state index contributed by atoms with van der Waals surface area (Å²) in [5, 5.41) is 0.623. The van der Waals surface area contributed by atoms with Gasteiger partial charge >= 0.3 is 0 Å². The minimum Gasteiger partial charge on any atom is -0.295 e. The monoisotopic (exact) mass is 132 g/mol. The highest BCUT2D eigenvalue weighted by molar-refractivity contribution is 6.30. The zero-order chi connectivity index (χ0) is 6.57. The molecule has 0 aliphatic rings. The fourth-order valence-electron chi connectivity index (χ4n) is 0.323. The third kappa shape index (κ3) is 3.88. The molecule has 0 fully saturated rings. The number of allylic oxidation sites excluding steroid dienone is 2. The Kier molecular flexibility index (Phi) is 3.53. The van der Waals surface area contributed by atoms with Crippen molar-refractivity contribution in [2.24, 2.45) is 0 Å². The van der Waals surface area contributed by atoms with Gasteiger partial charge in [0.2, 0.25) is 0 Å². The zero-order valence-electron chi connectivity index (χ0n) is 5.07. The molecule has 0 atom stereocenters. The Morgan fingerprint density at radius 3 is 2.38 bits per heavy atom. The van der Waals surface area contributed by atoms with Crippen LogP contribution < -0.4 is 0 Å². The van der Waals surface area contributed by atoms with Crippen molar-refractivity contribution < 1.29 is 4.79 Å². The highest BCUT2D eigenvalue weighted by Gasteiger charge is 1.87. The molecule has 0 aliphatic carbocycles. The van der Waals surface area contributed by atoms with E-state index in [0.717, 1.165) is 6.42 Å². The van der Waals surface area contributed by atoms with E-state index >= 15 is 0 Å². The quantitative estimate of drug-likeness (QED) is 0.526. The second-order valence-electron chi connectivity index (χ2n) is 1.56. The van der Waals surface area contributed by atoms with E-state index in [1.165, 1.54) is 13.0 Å². The Morgan fingerprint density at radius 2 is 2.25 bits per heavy atom. The Hall–Kier alpha value is -0.300. The van der Waals surface area contributed by atoms with Crippen LogP contribution in [0.4, 0.5) is 0 Å². The topological polar surface area (TPSA) is 17.1 Å². The minimum atomic E-state index is 0.0110. The number of ketones is 1. The summed E-state index contributed by atoms with van der Waals surface area (Å²) in [6, 6.07) is 0.